The van der Waals surface area contributed by atoms with Crippen LogP contribution in [0.1, 0.15) is 24.2 Å². The fourth-order valence-electron chi connectivity index (χ4n) is 2.10. The summed E-state index contributed by atoms with van der Waals surface area (Å²) in [6.45, 7) is 2.10. The molecule has 0 amide bonds. The fourth-order valence-corrected chi connectivity index (χ4v) is 2.10. The van der Waals surface area contributed by atoms with Gasteiger partial charge in [-0.15, -0.1) is 0 Å². The molecule has 2 aromatic rings. The fraction of sp³-hybridized carbons (Fsp3) is 0.188. The van der Waals surface area contributed by atoms with Gasteiger partial charge in [0.2, 0.25) is 0 Å². The number of aliphatic carboxylic acids is 1. The lowest BCUT2D eigenvalue weighted by atomic mass is 9.96. The molecule has 0 spiro atoms. The molecular weight excluding hydrogens is 240 g/mol. The van der Waals surface area contributed by atoms with Crippen molar-refractivity contribution >= 4 is 5.97 Å². The molecular formula is C16H16O3. The van der Waals surface area contributed by atoms with Gasteiger partial charge in [-0.3, -0.25) is 0 Å². The lowest BCUT2D eigenvalue weighted by molar-refractivity contribution is -0.146. The molecule has 0 fully saturated rings. The number of aryl methyl sites for hydroxylation is 1. The molecule has 0 bridgehead atoms. The summed E-state index contributed by atoms with van der Waals surface area (Å²) in [4.78, 5) is 10.7. The van der Waals surface area contributed by atoms with Crippen molar-refractivity contribution in [3.05, 3.63) is 59.7 Å². The third-order valence-electron chi connectivity index (χ3n) is 3.17. The van der Waals surface area contributed by atoms with E-state index in [1.54, 1.807) is 12.1 Å². The highest BCUT2D eigenvalue weighted by Gasteiger charge is 2.15. The highest BCUT2D eigenvalue weighted by Crippen LogP contribution is 2.25. The van der Waals surface area contributed by atoms with Crippen molar-refractivity contribution in [3.63, 3.8) is 0 Å². The standard InChI is InChI=1S/C16H16O3/c1-2-11-5-3-4-6-14(11)12-7-9-13(10-8-12)15(17)16(18)19/h3-10,15,17H,2H2,1H3,(H,18,19). The van der Waals surface area contributed by atoms with E-state index in [9.17, 15) is 9.90 Å². The number of hydrogen-bond acceptors (Lipinski definition) is 2. The molecule has 0 heterocycles. The van der Waals surface area contributed by atoms with Crippen molar-refractivity contribution in [2.24, 2.45) is 0 Å². The van der Waals surface area contributed by atoms with Crippen LogP contribution in [0, 0.1) is 0 Å². The first-order chi connectivity index (χ1) is 9.13. The van der Waals surface area contributed by atoms with Crippen molar-refractivity contribution in [1.82, 2.24) is 0 Å². The molecule has 0 aliphatic rings. The highest BCUT2D eigenvalue weighted by molar-refractivity contribution is 5.75. The molecule has 0 saturated heterocycles. The van der Waals surface area contributed by atoms with Crippen LogP contribution in [0.3, 0.4) is 0 Å². The average molecular weight is 256 g/mol. The quantitative estimate of drug-likeness (QED) is 0.884. The monoisotopic (exact) mass is 256 g/mol. The van der Waals surface area contributed by atoms with Crippen LogP contribution in [-0.4, -0.2) is 16.2 Å². The minimum Gasteiger partial charge on any atom is -0.479 e. The van der Waals surface area contributed by atoms with E-state index in [2.05, 4.69) is 13.0 Å². The zero-order valence-electron chi connectivity index (χ0n) is 10.7. The molecule has 98 valence electrons. The molecule has 0 radical (unpaired) electrons. The van der Waals surface area contributed by atoms with E-state index >= 15 is 0 Å². The van der Waals surface area contributed by atoms with Gasteiger partial charge in [-0.1, -0.05) is 55.5 Å². The molecule has 0 aliphatic heterocycles. The predicted octanol–water partition coefficient (Wildman–Crippen LogP) is 3.03. The Morgan fingerprint density at radius 1 is 1.11 bits per heavy atom. The molecule has 2 rings (SSSR count). The summed E-state index contributed by atoms with van der Waals surface area (Å²) >= 11 is 0. The van der Waals surface area contributed by atoms with E-state index in [0.717, 1.165) is 17.5 Å². The Morgan fingerprint density at radius 2 is 1.74 bits per heavy atom. The van der Waals surface area contributed by atoms with Gasteiger partial charge in [0, 0.05) is 0 Å². The van der Waals surface area contributed by atoms with Crippen LogP contribution in [-0.2, 0) is 11.2 Å². The topological polar surface area (TPSA) is 57.5 Å². The third kappa shape index (κ3) is 2.83. The van der Waals surface area contributed by atoms with E-state index in [-0.39, 0.29) is 0 Å². The second-order valence-corrected chi connectivity index (χ2v) is 4.37. The van der Waals surface area contributed by atoms with Crippen LogP contribution in [0.5, 0.6) is 0 Å². The minimum atomic E-state index is -1.46. The molecule has 0 aromatic heterocycles. The number of benzene rings is 2. The first-order valence-electron chi connectivity index (χ1n) is 6.22. The zero-order chi connectivity index (χ0) is 13.8. The third-order valence-corrected chi connectivity index (χ3v) is 3.17. The number of aliphatic hydroxyl groups is 1. The van der Waals surface area contributed by atoms with Gasteiger partial charge < -0.3 is 10.2 Å². The van der Waals surface area contributed by atoms with Crippen LogP contribution in [0.25, 0.3) is 11.1 Å². The Kier molecular flexibility index (Phi) is 3.97. The lowest BCUT2D eigenvalue weighted by Crippen LogP contribution is -2.10. The molecule has 3 heteroatoms. The van der Waals surface area contributed by atoms with E-state index in [1.165, 1.54) is 5.56 Å². The number of rotatable bonds is 4. The van der Waals surface area contributed by atoms with Crippen molar-refractivity contribution in [2.45, 2.75) is 19.4 Å². The van der Waals surface area contributed by atoms with Gasteiger partial charge in [0.15, 0.2) is 6.10 Å². The molecule has 0 aliphatic carbocycles. The summed E-state index contributed by atoms with van der Waals surface area (Å²) < 4.78 is 0. The SMILES string of the molecule is CCc1ccccc1-c1ccc(C(O)C(=O)O)cc1. The minimum absolute atomic E-state index is 0.394. The van der Waals surface area contributed by atoms with Gasteiger partial charge in [-0.25, -0.2) is 4.79 Å². The largest absolute Gasteiger partial charge is 0.479 e. The molecule has 2 aromatic carbocycles. The van der Waals surface area contributed by atoms with Crippen LogP contribution < -0.4 is 0 Å². The molecule has 0 saturated carbocycles. The Bertz CT molecular complexity index is 573. The second kappa shape index (κ2) is 5.67. The van der Waals surface area contributed by atoms with E-state index in [4.69, 9.17) is 5.11 Å². The van der Waals surface area contributed by atoms with Gasteiger partial charge in [0.05, 0.1) is 0 Å². The number of carboxylic acids is 1. The first kappa shape index (κ1) is 13.3. The Morgan fingerprint density at radius 3 is 2.32 bits per heavy atom. The zero-order valence-corrected chi connectivity index (χ0v) is 10.7. The van der Waals surface area contributed by atoms with Crippen LogP contribution >= 0.6 is 0 Å². The van der Waals surface area contributed by atoms with Crippen molar-refractivity contribution in [2.75, 3.05) is 0 Å². The van der Waals surface area contributed by atoms with Crippen molar-refractivity contribution < 1.29 is 15.0 Å². The Hall–Kier alpha value is -2.13. The molecule has 2 N–H and O–H groups in total. The van der Waals surface area contributed by atoms with Gasteiger partial charge in [0.25, 0.3) is 0 Å². The molecule has 1 unspecified atom stereocenters. The summed E-state index contributed by atoms with van der Waals surface area (Å²) in [5.74, 6) is -1.23. The second-order valence-electron chi connectivity index (χ2n) is 4.37. The molecule has 19 heavy (non-hydrogen) atoms. The summed E-state index contributed by atoms with van der Waals surface area (Å²) in [6, 6.07) is 15.1. The molecule has 3 nitrogen and oxygen atoms in total. The predicted molar refractivity (Wildman–Crippen MR) is 73.9 cm³/mol. The van der Waals surface area contributed by atoms with E-state index < -0.39 is 12.1 Å². The van der Waals surface area contributed by atoms with Crippen molar-refractivity contribution in [1.29, 1.82) is 0 Å². The summed E-state index contributed by atoms with van der Waals surface area (Å²) in [6.07, 6.45) is -0.522. The Balaban J connectivity index is 2.35. The summed E-state index contributed by atoms with van der Waals surface area (Å²) in [5.41, 5.74) is 3.81. The van der Waals surface area contributed by atoms with Gasteiger partial charge in [-0.2, -0.15) is 0 Å². The van der Waals surface area contributed by atoms with Gasteiger partial charge in [0.1, 0.15) is 0 Å². The van der Waals surface area contributed by atoms with Crippen LogP contribution in [0.4, 0.5) is 0 Å². The average Bonchev–Trinajstić information content (AvgIpc) is 2.46. The smallest absolute Gasteiger partial charge is 0.337 e. The lowest BCUT2D eigenvalue weighted by Gasteiger charge is -2.10. The van der Waals surface area contributed by atoms with E-state index in [1.807, 2.05) is 30.3 Å². The van der Waals surface area contributed by atoms with Crippen LogP contribution in [0.15, 0.2) is 48.5 Å². The number of aliphatic hydroxyl groups excluding tert-OH is 1. The maximum absolute atomic E-state index is 10.7. The number of carboxylic acid groups (broad SMARTS) is 1. The van der Waals surface area contributed by atoms with Crippen LogP contribution in [0.2, 0.25) is 0 Å². The summed E-state index contributed by atoms with van der Waals surface area (Å²) in [5, 5.41) is 18.2. The number of hydrogen-bond donors (Lipinski definition) is 2. The maximum Gasteiger partial charge on any atom is 0.337 e. The van der Waals surface area contributed by atoms with Crippen molar-refractivity contribution in [3.8, 4) is 11.1 Å². The Labute approximate surface area is 112 Å². The molecule has 1 atom stereocenters. The maximum atomic E-state index is 10.7. The van der Waals surface area contributed by atoms with E-state index in [0.29, 0.717) is 5.56 Å². The van der Waals surface area contributed by atoms with Gasteiger partial charge >= 0.3 is 5.97 Å². The first-order valence-corrected chi connectivity index (χ1v) is 6.22. The normalized spacial score (nSPS) is 12.1. The number of carbonyl (C=O) groups is 1. The van der Waals surface area contributed by atoms with Gasteiger partial charge in [-0.05, 0) is 28.7 Å². The summed E-state index contributed by atoms with van der Waals surface area (Å²) in [7, 11) is 0. The highest BCUT2D eigenvalue weighted by atomic mass is 16.4.